The van der Waals surface area contributed by atoms with Crippen LogP contribution in [0.5, 0.6) is 5.75 Å². The molecule has 0 radical (unpaired) electrons. The molecule has 0 unspecified atom stereocenters. The van der Waals surface area contributed by atoms with E-state index in [1.807, 2.05) is 33.8 Å². The van der Waals surface area contributed by atoms with E-state index in [1.54, 1.807) is 4.52 Å². The first kappa shape index (κ1) is 17.6. The van der Waals surface area contributed by atoms with Crippen LogP contribution < -0.4 is 4.74 Å². The number of aryl methyl sites for hydroxylation is 2. The summed E-state index contributed by atoms with van der Waals surface area (Å²) in [4.78, 5) is 16.9. The van der Waals surface area contributed by atoms with Crippen molar-refractivity contribution in [1.82, 2.24) is 14.6 Å². The highest BCUT2D eigenvalue weighted by molar-refractivity contribution is 7.16. The molecule has 2 aromatic heterocycles. The van der Waals surface area contributed by atoms with Crippen molar-refractivity contribution in [2.24, 2.45) is 0 Å². The maximum Gasteiger partial charge on any atom is 0.213 e. The summed E-state index contributed by atoms with van der Waals surface area (Å²) in [5.74, 6) is 0.907. The molecule has 132 valence electrons. The maximum atomic E-state index is 11.5. The average molecular weight is 357 g/mol. The lowest BCUT2D eigenvalue weighted by Gasteiger charge is -2.15. The third kappa shape index (κ3) is 3.58. The van der Waals surface area contributed by atoms with Crippen LogP contribution in [0.3, 0.4) is 0 Å². The summed E-state index contributed by atoms with van der Waals surface area (Å²) in [5, 5.41) is 5.46. The van der Waals surface area contributed by atoms with E-state index in [1.165, 1.54) is 16.9 Å². The molecule has 25 heavy (non-hydrogen) atoms. The van der Waals surface area contributed by atoms with Gasteiger partial charge in [-0.15, -0.1) is 0 Å². The SMILES string of the molecule is Cc1ccc(C)c(OCCc2nn3c(C=O)c(C(C)(C)C)nc3s2)c1. The largest absolute Gasteiger partial charge is 0.493 e. The number of ether oxygens (including phenoxy) is 1. The number of fused-ring (bicyclic) bond motifs is 1. The number of nitrogens with zero attached hydrogens (tertiary/aromatic N) is 3. The number of benzene rings is 1. The van der Waals surface area contributed by atoms with Gasteiger partial charge in [0.1, 0.15) is 16.5 Å². The van der Waals surface area contributed by atoms with Crippen molar-refractivity contribution in [3.8, 4) is 5.75 Å². The second kappa shape index (κ2) is 6.59. The van der Waals surface area contributed by atoms with Gasteiger partial charge in [0.05, 0.1) is 12.3 Å². The molecule has 0 saturated carbocycles. The Morgan fingerprint density at radius 1 is 1.28 bits per heavy atom. The lowest BCUT2D eigenvalue weighted by molar-refractivity contribution is 0.111. The second-order valence-electron chi connectivity index (χ2n) is 7.27. The fraction of sp³-hybridized carbons (Fsp3) is 0.421. The molecule has 0 saturated heterocycles. The minimum atomic E-state index is -0.185. The molecule has 0 amide bonds. The van der Waals surface area contributed by atoms with Crippen LogP contribution in [-0.2, 0) is 11.8 Å². The first-order valence-electron chi connectivity index (χ1n) is 8.34. The molecule has 0 spiro atoms. The molecule has 0 aliphatic rings. The molecule has 5 nitrogen and oxygen atoms in total. The van der Waals surface area contributed by atoms with E-state index in [0.29, 0.717) is 18.7 Å². The van der Waals surface area contributed by atoms with Crippen LogP contribution in [0.2, 0.25) is 0 Å². The number of rotatable bonds is 5. The van der Waals surface area contributed by atoms with Crippen LogP contribution in [-0.4, -0.2) is 27.5 Å². The van der Waals surface area contributed by atoms with Gasteiger partial charge >= 0.3 is 0 Å². The summed E-state index contributed by atoms with van der Waals surface area (Å²) >= 11 is 1.51. The van der Waals surface area contributed by atoms with E-state index in [4.69, 9.17) is 4.74 Å². The third-order valence-corrected chi connectivity index (χ3v) is 4.99. The van der Waals surface area contributed by atoms with Crippen LogP contribution >= 0.6 is 11.3 Å². The van der Waals surface area contributed by atoms with Gasteiger partial charge in [-0.25, -0.2) is 4.98 Å². The van der Waals surface area contributed by atoms with Gasteiger partial charge in [0.2, 0.25) is 4.96 Å². The highest BCUT2D eigenvalue weighted by atomic mass is 32.1. The van der Waals surface area contributed by atoms with Crippen LogP contribution in [0.25, 0.3) is 4.96 Å². The van der Waals surface area contributed by atoms with E-state index in [2.05, 4.69) is 29.1 Å². The Morgan fingerprint density at radius 2 is 2.04 bits per heavy atom. The van der Waals surface area contributed by atoms with Gasteiger partial charge < -0.3 is 4.74 Å². The monoisotopic (exact) mass is 357 g/mol. The van der Waals surface area contributed by atoms with Crippen LogP contribution in [0.4, 0.5) is 0 Å². The minimum Gasteiger partial charge on any atom is -0.493 e. The number of carbonyl (C=O) groups is 1. The number of imidazole rings is 1. The Labute approximate surface area is 151 Å². The molecule has 3 rings (SSSR count). The normalized spacial score (nSPS) is 11.9. The van der Waals surface area contributed by atoms with Gasteiger partial charge in [0.15, 0.2) is 6.29 Å². The predicted octanol–water partition coefficient (Wildman–Crippen LogP) is 4.14. The van der Waals surface area contributed by atoms with Crippen LogP contribution in [0.15, 0.2) is 18.2 Å². The molecular weight excluding hydrogens is 334 g/mol. The predicted molar refractivity (Wildman–Crippen MR) is 100 cm³/mol. The molecule has 0 aliphatic carbocycles. The summed E-state index contributed by atoms with van der Waals surface area (Å²) in [6.07, 6.45) is 1.53. The van der Waals surface area contributed by atoms with E-state index in [9.17, 15) is 4.79 Å². The summed E-state index contributed by atoms with van der Waals surface area (Å²) in [6, 6.07) is 6.18. The van der Waals surface area contributed by atoms with Crippen molar-refractivity contribution < 1.29 is 9.53 Å². The standard InChI is InChI=1S/C19H23N3O2S/c1-12-6-7-13(2)15(10-12)24-9-8-16-21-22-14(11-23)17(19(3,4)5)20-18(22)25-16/h6-7,10-11H,8-9H2,1-5H3. The van der Waals surface area contributed by atoms with Crippen molar-refractivity contribution in [3.63, 3.8) is 0 Å². The topological polar surface area (TPSA) is 56.5 Å². The van der Waals surface area contributed by atoms with Gasteiger partial charge in [-0.05, 0) is 31.0 Å². The third-order valence-electron chi connectivity index (χ3n) is 4.02. The van der Waals surface area contributed by atoms with Crippen molar-refractivity contribution in [2.45, 2.75) is 46.5 Å². The molecule has 3 aromatic rings. The minimum absolute atomic E-state index is 0.185. The Balaban J connectivity index is 1.76. The van der Waals surface area contributed by atoms with E-state index >= 15 is 0 Å². The van der Waals surface area contributed by atoms with Crippen molar-refractivity contribution >= 4 is 22.6 Å². The Bertz CT molecular complexity index is 919. The number of hydrogen-bond donors (Lipinski definition) is 0. The van der Waals surface area contributed by atoms with Gasteiger partial charge in [-0.2, -0.15) is 9.61 Å². The van der Waals surface area contributed by atoms with Gasteiger partial charge in [-0.3, -0.25) is 4.79 Å². The molecule has 0 N–H and O–H groups in total. The van der Waals surface area contributed by atoms with Crippen LogP contribution in [0.1, 0.15) is 53.1 Å². The zero-order chi connectivity index (χ0) is 18.2. The van der Waals surface area contributed by atoms with Crippen LogP contribution in [0, 0.1) is 13.8 Å². The second-order valence-corrected chi connectivity index (χ2v) is 8.31. The van der Waals surface area contributed by atoms with Crippen molar-refractivity contribution in [3.05, 3.63) is 45.7 Å². The molecule has 0 fully saturated rings. The number of aromatic nitrogens is 3. The fourth-order valence-corrected chi connectivity index (χ4v) is 3.55. The lowest BCUT2D eigenvalue weighted by Crippen LogP contribution is -2.15. The number of aldehydes is 1. The smallest absolute Gasteiger partial charge is 0.213 e. The highest BCUT2D eigenvalue weighted by Gasteiger charge is 2.25. The van der Waals surface area contributed by atoms with Gasteiger partial charge in [0.25, 0.3) is 0 Å². The van der Waals surface area contributed by atoms with Crippen molar-refractivity contribution in [2.75, 3.05) is 6.61 Å². The van der Waals surface area contributed by atoms with E-state index < -0.39 is 0 Å². The lowest BCUT2D eigenvalue weighted by atomic mass is 9.91. The van der Waals surface area contributed by atoms with Crippen molar-refractivity contribution in [1.29, 1.82) is 0 Å². The molecule has 0 atom stereocenters. The number of carbonyl (C=O) groups excluding carboxylic acids is 1. The Hall–Kier alpha value is -2.21. The molecule has 6 heteroatoms. The summed E-state index contributed by atoms with van der Waals surface area (Å²) in [5.41, 5.74) is 3.45. The summed E-state index contributed by atoms with van der Waals surface area (Å²) < 4.78 is 7.55. The van der Waals surface area contributed by atoms with Gasteiger partial charge in [-0.1, -0.05) is 44.2 Å². The molecule has 2 heterocycles. The molecule has 1 aromatic carbocycles. The Kier molecular flexibility index (Phi) is 4.64. The first-order valence-corrected chi connectivity index (χ1v) is 9.15. The molecule has 0 bridgehead atoms. The molecular formula is C19H23N3O2S. The highest BCUT2D eigenvalue weighted by Crippen LogP contribution is 2.27. The zero-order valence-corrected chi connectivity index (χ0v) is 16.1. The zero-order valence-electron chi connectivity index (χ0n) is 15.3. The molecule has 0 aliphatic heterocycles. The summed E-state index contributed by atoms with van der Waals surface area (Å²) in [6.45, 7) is 10.8. The quantitative estimate of drug-likeness (QED) is 0.644. The fourth-order valence-electron chi connectivity index (χ4n) is 2.67. The average Bonchev–Trinajstić information content (AvgIpc) is 3.07. The van der Waals surface area contributed by atoms with Gasteiger partial charge in [0, 0.05) is 11.8 Å². The van der Waals surface area contributed by atoms with E-state index in [0.717, 1.165) is 33.3 Å². The number of hydrogen-bond acceptors (Lipinski definition) is 5. The summed E-state index contributed by atoms with van der Waals surface area (Å²) in [7, 11) is 0. The maximum absolute atomic E-state index is 11.5. The first-order chi connectivity index (χ1) is 11.8. The Morgan fingerprint density at radius 3 is 2.72 bits per heavy atom. The van der Waals surface area contributed by atoms with E-state index in [-0.39, 0.29) is 5.41 Å².